The molecule has 2 aromatic carbocycles. The van der Waals surface area contributed by atoms with Crippen molar-refractivity contribution in [3.63, 3.8) is 0 Å². The van der Waals surface area contributed by atoms with Crippen LogP contribution in [0, 0.1) is 0 Å². The summed E-state index contributed by atoms with van der Waals surface area (Å²) in [6.07, 6.45) is 0.859. The van der Waals surface area contributed by atoms with Gasteiger partial charge < -0.3 is 15.2 Å². The Kier molecular flexibility index (Phi) is 4.07. The van der Waals surface area contributed by atoms with Gasteiger partial charge in [0.15, 0.2) is 0 Å². The molecule has 3 heteroatoms. The van der Waals surface area contributed by atoms with Crippen molar-refractivity contribution in [3.8, 4) is 11.5 Å². The molecular weight excluding hydrogens is 226 g/mol. The van der Waals surface area contributed by atoms with Gasteiger partial charge in [-0.25, -0.2) is 0 Å². The quantitative estimate of drug-likeness (QED) is 0.821. The first-order valence-corrected chi connectivity index (χ1v) is 5.90. The predicted molar refractivity (Wildman–Crippen MR) is 73.0 cm³/mol. The summed E-state index contributed by atoms with van der Waals surface area (Å²) in [6, 6.07) is 15.6. The van der Waals surface area contributed by atoms with Crippen molar-refractivity contribution < 1.29 is 9.47 Å². The third-order valence-corrected chi connectivity index (χ3v) is 2.71. The van der Waals surface area contributed by atoms with E-state index >= 15 is 0 Å². The van der Waals surface area contributed by atoms with E-state index in [0.29, 0.717) is 18.0 Å². The summed E-state index contributed by atoms with van der Waals surface area (Å²) >= 11 is 0. The highest BCUT2D eigenvalue weighted by Gasteiger charge is 2.02. The zero-order valence-corrected chi connectivity index (χ0v) is 10.4. The first kappa shape index (κ1) is 12.3. The molecule has 94 valence electrons. The lowest BCUT2D eigenvalue weighted by Gasteiger charge is -2.10. The van der Waals surface area contributed by atoms with Gasteiger partial charge in [0.25, 0.3) is 0 Å². The van der Waals surface area contributed by atoms with E-state index in [1.54, 1.807) is 19.2 Å². The standard InChI is InChI=1S/C15H17NO2/c1-17-13-7-8-14(16)15(11-13)18-10-9-12-5-3-2-4-6-12/h2-8,11H,9-10,16H2,1H3. The van der Waals surface area contributed by atoms with Crippen LogP contribution in [0.5, 0.6) is 11.5 Å². The van der Waals surface area contributed by atoms with Crippen LogP contribution < -0.4 is 15.2 Å². The maximum atomic E-state index is 5.84. The normalized spacial score (nSPS) is 10.1. The summed E-state index contributed by atoms with van der Waals surface area (Å²) in [5.41, 5.74) is 7.72. The molecule has 2 N–H and O–H groups in total. The van der Waals surface area contributed by atoms with Crippen LogP contribution in [-0.2, 0) is 6.42 Å². The Morgan fingerprint density at radius 1 is 1.06 bits per heavy atom. The van der Waals surface area contributed by atoms with Crippen molar-refractivity contribution in [2.24, 2.45) is 0 Å². The summed E-state index contributed by atoms with van der Waals surface area (Å²) in [7, 11) is 1.62. The zero-order valence-electron chi connectivity index (χ0n) is 10.4. The molecule has 0 saturated heterocycles. The van der Waals surface area contributed by atoms with Crippen LogP contribution in [0.15, 0.2) is 48.5 Å². The molecule has 0 radical (unpaired) electrons. The number of methoxy groups -OCH3 is 1. The average molecular weight is 243 g/mol. The van der Waals surface area contributed by atoms with Crippen molar-refractivity contribution in [3.05, 3.63) is 54.1 Å². The molecule has 0 fully saturated rings. The van der Waals surface area contributed by atoms with Gasteiger partial charge in [0, 0.05) is 12.5 Å². The van der Waals surface area contributed by atoms with Crippen molar-refractivity contribution >= 4 is 5.69 Å². The number of ether oxygens (including phenoxy) is 2. The molecule has 0 saturated carbocycles. The number of hydrogen-bond donors (Lipinski definition) is 1. The fraction of sp³-hybridized carbons (Fsp3) is 0.200. The van der Waals surface area contributed by atoms with Crippen LogP contribution in [-0.4, -0.2) is 13.7 Å². The van der Waals surface area contributed by atoms with Crippen LogP contribution in [0.25, 0.3) is 0 Å². The van der Waals surface area contributed by atoms with E-state index in [-0.39, 0.29) is 0 Å². The second kappa shape index (κ2) is 5.96. The smallest absolute Gasteiger partial charge is 0.145 e. The van der Waals surface area contributed by atoms with E-state index < -0.39 is 0 Å². The summed E-state index contributed by atoms with van der Waals surface area (Å²) in [6.45, 7) is 0.599. The first-order valence-electron chi connectivity index (χ1n) is 5.90. The molecular formula is C15H17NO2. The van der Waals surface area contributed by atoms with E-state index in [9.17, 15) is 0 Å². The van der Waals surface area contributed by atoms with Gasteiger partial charge in [-0.3, -0.25) is 0 Å². The van der Waals surface area contributed by atoms with Crippen molar-refractivity contribution in [2.45, 2.75) is 6.42 Å². The van der Waals surface area contributed by atoms with Gasteiger partial charge in [0.05, 0.1) is 19.4 Å². The first-order chi connectivity index (χ1) is 8.79. The molecule has 18 heavy (non-hydrogen) atoms. The number of nitrogens with two attached hydrogens (primary N) is 1. The molecule has 0 bridgehead atoms. The highest BCUT2D eigenvalue weighted by atomic mass is 16.5. The minimum Gasteiger partial charge on any atom is -0.497 e. The summed E-state index contributed by atoms with van der Waals surface area (Å²) in [5.74, 6) is 1.42. The Morgan fingerprint density at radius 2 is 1.83 bits per heavy atom. The second-order valence-electron chi connectivity index (χ2n) is 3.99. The monoisotopic (exact) mass is 243 g/mol. The van der Waals surface area contributed by atoms with Gasteiger partial charge in [-0.15, -0.1) is 0 Å². The van der Waals surface area contributed by atoms with E-state index in [1.165, 1.54) is 5.56 Å². The number of hydrogen-bond acceptors (Lipinski definition) is 3. The molecule has 0 aliphatic carbocycles. The SMILES string of the molecule is COc1ccc(N)c(OCCc2ccccc2)c1. The molecule has 0 aliphatic rings. The Hall–Kier alpha value is -2.16. The topological polar surface area (TPSA) is 44.5 Å². The van der Waals surface area contributed by atoms with E-state index in [1.807, 2.05) is 24.3 Å². The Balaban J connectivity index is 1.94. The lowest BCUT2D eigenvalue weighted by molar-refractivity contribution is 0.320. The van der Waals surface area contributed by atoms with Crippen LogP contribution >= 0.6 is 0 Å². The van der Waals surface area contributed by atoms with Crippen LogP contribution in [0.1, 0.15) is 5.56 Å². The number of benzene rings is 2. The van der Waals surface area contributed by atoms with Gasteiger partial charge in [0.1, 0.15) is 11.5 Å². The molecule has 0 atom stereocenters. The minimum atomic E-state index is 0.599. The Labute approximate surface area is 107 Å². The zero-order chi connectivity index (χ0) is 12.8. The molecule has 2 rings (SSSR count). The molecule has 0 unspecified atom stereocenters. The van der Waals surface area contributed by atoms with Gasteiger partial charge in [-0.1, -0.05) is 30.3 Å². The molecule has 0 aromatic heterocycles. The summed E-state index contributed by atoms with van der Waals surface area (Å²) < 4.78 is 10.8. The fourth-order valence-electron chi connectivity index (χ4n) is 1.69. The molecule has 0 heterocycles. The predicted octanol–water partition coefficient (Wildman–Crippen LogP) is 2.90. The third kappa shape index (κ3) is 3.17. The van der Waals surface area contributed by atoms with Crippen molar-refractivity contribution in [1.29, 1.82) is 0 Å². The molecule has 2 aromatic rings. The number of nitrogen functional groups attached to an aromatic ring is 1. The molecule has 0 spiro atoms. The van der Waals surface area contributed by atoms with Crippen molar-refractivity contribution in [1.82, 2.24) is 0 Å². The summed E-state index contributed by atoms with van der Waals surface area (Å²) in [5, 5.41) is 0. The second-order valence-corrected chi connectivity index (χ2v) is 3.99. The van der Waals surface area contributed by atoms with Crippen LogP contribution in [0.3, 0.4) is 0 Å². The molecule has 0 amide bonds. The van der Waals surface area contributed by atoms with E-state index in [2.05, 4.69) is 12.1 Å². The van der Waals surface area contributed by atoms with E-state index in [4.69, 9.17) is 15.2 Å². The van der Waals surface area contributed by atoms with Crippen LogP contribution in [0.4, 0.5) is 5.69 Å². The van der Waals surface area contributed by atoms with Gasteiger partial charge >= 0.3 is 0 Å². The minimum absolute atomic E-state index is 0.599. The maximum absolute atomic E-state index is 5.84. The lowest BCUT2D eigenvalue weighted by Crippen LogP contribution is -2.03. The Morgan fingerprint density at radius 3 is 2.56 bits per heavy atom. The number of anilines is 1. The van der Waals surface area contributed by atoms with Gasteiger partial charge in [-0.2, -0.15) is 0 Å². The molecule has 0 aliphatic heterocycles. The van der Waals surface area contributed by atoms with Crippen LogP contribution in [0.2, 0.25) is 0 Å². The van der Waals surface area contributed by atoms with Gasteiger partial charge in [0.2, 0.25) is 0 Å². The highest BCUT2D eigenvalue weighted by Crippen LogP contribution is 2.26. The largest absolute Gasteiger partial charge is 0.497 e. The highest BCUT2D eigenvalue weighted by molar-refractivity contribution is 5.55. The Bertz CT molecular complexity index is 497. The third-order valence-electron chi connectivity index (χ3n) is 2.71. The van der Waals surface area contributed by atoms with Crippen molar-refractivity contribution in [2.75, 3.05) is 19.5 Å². The van der Waals surface area contributed by atoms with E-state index in [0.717, 1.165) is 12.2 Å². The molecule has 3 nitrogen and oxygen atoms in total. The average Bonchev–Trinajstić information content (AvgIpc) is 2.42. The number of rotatable bonds is 5. The lowest BCUT2D eigenvalue weighted by atomic mass is 10.2. The fourth-order valence-corrected chi connectivity index (χ4v) is 1.69. The van der Waals surface area contributed by atoms with Gasteiger partial charge in [-0.05, 0) is 17.7 Å². The summed E-state index contributed by atoms with van der Waals surface area (Å²) in [4.78, 5) is 0. The maximum Gasteiger partial charge on any atom is 0.145 e.